The van der Waals surface area contributed by atoms with Crippen LogP contribution in [0.4, 0.5) is 4.79 Å². The van der Waals surface area contributed by atoms with E-state index in [1.807, 2.05) is 0 Å². The average molecular weight is 258 g/mol. The van der Waals surface area contributed by atoms with Gasteiger partial charge in [0.05, 0.1) is 23.7 Å². The highest BCUT2D eigenvalue weighted by Crippen LogP contribution is 2.10. The largest absolute Gasteiger partial charge is 0.334 e. The molecule has 1 aromatic heterocycles. The predicted octanol–water partition coefficient (Wildman–Crippen LogP) is -0.604. The number of urea groups is 1. The van der Waals surface area contributed by atoms with Gasteiger partial charge < -0.3 is 10.6 Å². The smallest absolute Gasteiger partial charge is 0.315 e. The maximum Gasteiger partial charge on any atom is 0.315 e. The highest BCUT2D eigenvalue weighted by atomic mass is 32.2. The molecule has 1 atom stereocenters. The Bertz CT molecular complexity index is 482. The second-order valence-corrected chi connectivity index (χ2v) is 6.24. The number of sulfone groups is 1. The molecule has 94 valence electrons. The van der Waals surface area contributed by atoms with Crippen molar-refractivity contribution in [3.05, 3.63) is 18.0 Å². The van der Waals surface area contributed by atoms with Gasteiger partial charge in [-0.25, -0.2) is 13.2 Å². The van der Waals surface area contributed by atoms with Crippen LogP contribution in [0.25, 0.3) is 0 Å². The summed E-state index contributed by atoms with van der Waals surface area (Å²) in [6, 6.07) is 1.11. The van der Waals surface area contributed by atoms with Crippen molar-refractivity contribution in [2.75, 3.05) is 11.5 Å². The SMILES string of the molecule is O=C(NCc1ccn[nH]1)NC1CCS(=O)(=O)C1. The Morgan fingerprint density at radius 3 is 3.00 bits per heavy atom. The quantitative estimate of drug-likeness (QED) is 0.673. The van der Waals surface area contributed by atoms with Crippen LogP contribution in [-0.4, -0.2) is 42.2 Å². The molecule has 0 spiro atoms. The molecule has 17 heavy (non-hydrogen) atoms. The second kappa shape index (κ2) is 4.74. The number of amides is 2. The van der Waals surface area contributed by atoms with Crippen LogP contribution in [0.5, 0.6) is 0 Å². The van der Waals surface area contributed by atoms with Crippen LogP contribution in [0.15, 0.2) is 12.3 Å². The molecule has 1 aliphatic heterocycles. The van der Waals surface area contributed by atoms with E-state index in [0.29, 0.717) is 13.0 Å². The van der Waals surface area contributed by atoms with Gasteiger partial charge in [0.15, 0.2) is 9.84 Å². The van der Waals surface area contributed by atoms with Gasteiger partial charge in [-0.2, -0.15) is 5.10 Å². The lowest BCUT2D eigenvalue weighted by Gasteiger charge is -2.11. The van der Waals surface area contributed by atoms with Crippen molar-refractivity contribution >= 4 is 15.9 Å². The fourth-order valence-electron chi connectivity index (χ4n) is 1.70. The maximum absolute atomic E-state index is 11.5. The molecule has 0 aliphatic carbocycles. The number of carbonyl (C=O) groups is 1. The maximum atomic E-state index is 11.5. The Labute approximate surface area is 98.9 Å². The van der Waals surface area contributed by atoms with Crippen LogP contribution in [0.2, 0.25) is 0 Å². The minimum absolute atomic E-state index is 0.0322. The Balaban J connectivity index is 1.75. The first-order valence-corrected chi connectivity index (χ1v) is 7.10. The number of H-pyrrole nitrogens is 1. The number of hydrogen-bond acceptors (Lipinski definition) is 4. The van der Waals surface area contributed by atoms with Crippen molar-refractivity contribution in [2.24, 2.45) is 0 Å². The third-order valence-electron chi connectivity index (χ3n) is 2.57. The van der Waals surface area contributed by atoms with Crippen LogP contribution >= 0.6 is 0 Å². The van der Waals surface area contributed by atoms with Gasteiger partial charge in [0, 0.05) is 12.2 Å². The van der Waals surface area contributed by atoms with Crippen molar-refractivity contribution in [2.45, 2.75) is 19.0 Å². The zero-order valence-corrected chi connectivity index (χ0v) is 9.96. The molecule has 7 nitrogen and oxygen atoms in total. The van der Waals surface area contributed by atoms with E-state index in [0.717, 1.165) is 5.69 Å². The van der Waals surface area contributed by atoms with E-state index in [-0.39, 0.29) is 23.6 Å². The van der Waals surface area contributed by atoms with E-state index >= 15 is 0 Å². The predicted molar refractivity (Wildman–Crippen MR) is 61.0 cm³/mol. The highest BCUT2D eigenvalue weighted by molar-refractivity contribution is 7.91. The molecule has 0 aromatic carbocycles. The second-order valence-electron chi connectivity index (χ2n) is 4.01. The lowest BCUT2D eigenvalue weighted by Crippen LogP contribution is -2.42. The monoisotopic (exact) mass is 258 g/mol. The summed E-state index contributed by atoms with van der Waals surface area (Å²) in [5.74, 6) is 0.184. The van der Waals surface area contributed by atoms with Crippen LogP contribution in [-0.2, 0) is 16.4 Å². The lowest BCUT2D eigenvalue weighted by molar-refractivity contribution is 0.237. The highest BCUT2D eigenvalue weighted by Gasteiger charge is 2.28. The molecule has 8 heteroatoms. The van der Waals surface area contributed by atoms with Gasteiger partial charge in [-0.3, -0.25) is 5.10 Å². The summed E-state index contributed by atoms with van der Waals surface area (Å²) < 4.78 is 22.4. The first-order chi connectivity index (χ1) is 8.05. The van der Waals surface area contributed by atoms with Crippen LogP contribution < -0.4 is 10.6 Å². The molecule has 2 heterocycles. The van der Waals surface area contributed by atoms with E-state index in [1.54, 1.807) is 12.3 Å². The van der Waals surface area contributed by atoms with Gasteiger partial charge in [-0.1, -0.05) is 0 Å². The molecule has 1 fully saturated rings. The van der Waals surface area contributed by atoms with Gasteiger partial charge in [0.1, 0.15) is 0 Å². The molecule has 3 N–H and O–H groups in total. The molecule has 0 bridgehead atoms. The fourth-order valence-corrected chi connectivity index (χ4v) is 3.38. The molecule has 2 amide bonds. The van der Waals surface area contributed by atoms with E-state index in [1.165, 1.54) is 0 Å². The standard InChI is InChI=1S/C9H14N4O3S/c14-9(10-5-7-1-3-11-13-7)12-8-2-4-17(15,16)6-8/h1,3,8H,2,4-6H2,(H,11,13)(H2,10,12,14). The third-order valence-corrected chi connectivity index (χ3v) is 4.33. The number of nitrogens with one attached hydrogen (secondary N) is 3. The zero-order valence-electron chi connectivity index (χ0n) is 9.14. The van der Waals surface area contributed by atoms with Crippen LogP contribution in [0, 0.1) is 0 Å². The van der Waals surface area contributed by atoms with Crippen molar-refractivity contribution in [3.8, 4) is 0 Å². The van der Waals surface area contributed by atoms with E-state index in [2.05, 4.69) is 20.8 Å². The fraction of sp³-hybridized carbons (Fsp3) is 0.556. The van der Waals surface area contributed by atoms with Gasteiger partial charge in [-0.05, 0) is 12.5 Å². The van der Waals surface area contributed by atoms with E-state index in [4.69, 9.17) is 0 Å². The third kappa shape index (κ3) is 3.45. The van der Waals surface area contributed by atoms with Gasteiger partial charge in [-0.15, -0.1) is 0 Å². The molecule has 1 aromatic rings. The average Bonchev–Trinajstić information content (AvgIpc) is 2.85. The molecule has 1 aliphatic rings. The molecule has 1 unspecified atom stereocenters. The Kier molecular flexibility index (Phi) is 3.32. The minimum Gasteiger partial charge on any atom is -0.334 e. The van der Waals surface area contributed by atoms with Crippen molar-refractivity contribution < 1.29 is 13.2 Å². The summed E-state index contributed by atoms with van der Waals surface area (Å²) in [7, 11) is -2.96. The lowest BCUT2D eigenvalue weighted by atomic mass is 10.3. The summed E-state index contributed by atoms with van der Waals surface area (Å²) in [4.78, 5) is 11.5. The molecule has 0 saturated carbocycles. The Hall–Kier alpha value is -1.57. The molecular formula is C9H14N4O3S. The van der Waals surface area contributed by atoms with E-state index in [9.17, 15) is 13.2 Å². The molecule has 1 saturated heterocycles. The van der Waals surface area contributed by atoms with Crippen LogP contribution in [0.3, 0.4) is 0 Å². The zero-order chi connectivity index (χ0) is 12.3. The number of rotatable bonds is 3. The van der Waals surface area contributed by atoms with E-state index < -0.39 is 9.84 Å². The van der Waals surface area contributed by atoms with Gasteiger partial charge in [0.25, 0.3) is 0 Å². The summed E-state index contributed by atoms with van der Waals surface area (Å²) in [5.41, 5.74) is 0.791. The summed E-state index contributed by atoms with van der Waals surface area (Å²) in [6.45, 7) is 0.339. The first kappa shape index (κ1) is 11.9. The van der Waals surface area contributed by atoms with Gasteiger partial charge in [0.2, 0.25) is 0 Å². The topological polar surface area (TPSA) is 104 Å². The van der Waals surface area contributed by atoms with Crippen LogP contribution in [0.1, 0.15) is 12.1 Å². The normalized spacial score (nSPS) is 22.2. The summed E-state index contributed by atoms with van der Waals surface area (Å²) >= 11 is 0. The molecule has 2 rings (SSSR count). The first-order valence-electron chi connectivity index (χ1n) is 5.28. The number of aromatic nitrogens is 2. The minimum atomic E-state index is -2.96. The van der Waals surface area contributed by atoms with Gasteiger partial charge >= 0.3 is 6.03 Å². The number of carbonyl (C=O) groups excluding carboxylic acids is 1. The number of aromatic amines is 1. The van der Waals surface area contributed by atoms with Crippen molar-refractivity contribution in [3.63, 3.8) is 0 Å². The van der Waals surface area contributed by atoms with Crippen molar-refractivity contribution in [1.29, 1.82) is 0 Å². The number of hydrogen-bond donors (Lipinski definition) is 3. The summed E-state index contributed by atoms with van der Waals surface area (Å²) in [5, 5.41) is 11.7. The Morgan fingerprint density at radius 1 is 1.59 bits per heavy atom. The van der Waals surface area contributed by atoms with Crippen molar-refractivity contribution in [1.82, 2.24) is 20.8 Å². The number of nitrogens with zero attached hydrogens (tertiary/aromatic N) is 1. The molecule has 0 radical (unpaired) electrons. The Morgan fingerprint density at radius 2 is 2.41 bits per heavy atom. The summed E-state index contributed by atoms with van der Waals surface area (Å²) in [6.07, 6.45) is 2.08. The molecular weight excluding hydrogens is 244 g/mol.